The van der Waals surface area contributed by atoms with Crippen LogP contribution in [0.3, 0.4) is 0 Å². The summed E-state index contributed by atoms with van der Waals surface area (Å²) < 4.78 is 5.61. The van der Waals surface area contributed by atoms with Gasteiger partial charge in [0.15, 0.2) is 0 Å². The Labute approximate surface area is 204 Å². The van der Waals surface area contributed by atoms with Crippen LogP contribution in [0.5, 0.6) is 0 Å². The topological polar surface area (TPSA) is 78.5 Å². The molecule has 33 heavy (non-hydrogen) atoms. The number of nitrogens with one attached hydrogen (secondary N) is 1. The summed E-state index contributed by atoms with van der Waals surface area (Å²) in [6.45, 7) is 11.2. The second kappa shape index (κ2) is 12.1. The summed E-state index contributed by atoms with van der Waals surface area (Å²) >= 11 is 7.47. The van der Waals surface area contributed by atoms with Crippen molar-refractivity contribution in [1.82, 2.24) is 14.9 Å². The van der Waals surface area contributed by atoms with Gasteiger partial charge in [-0.3, -0.25) is 9.69 Å². The highest BCUT2D eigenvalue weighted by Crippen LogP contribution is 2.31. The standard InChI is InChI=1S/C25H34ClN3O3S/c1-16(2)9-10-29(11-20(30)14-32-13-17(3)4)12-22-27-24(31)23-21(15-33-25(23)28-22)18-5-7-19(26)8-6-18/h5-8,15-17,20,30H,9-14H2,1-4H3,(H,27,28,31). The molecule has 0 amide bonds. The summed E-state index contributed by atoms with van der Waals surface area (Å²) in [5.41, 5.74) is 1.65. The zero-order chi connectivity index (χ0) is 24.0. The molecule has 0 aliphatic heterocycles. The number of aliphatic hydroxyl groups excluding tert-OH is 1. The third-order valence-corrected chi connectivity index (χ3v) is 6.40. The predicted octanol–water partition coefficient (Wildman–Crippen LogP) is 5.19. The normalized spacial score (nSPS) is 13.0. The molecule has 0 aliphatic carbocycles. The molecule has 1 atom stereocenters. The van der Waals surface area contributed by atoms with Crippen LogP contribution in [0.2, 0.25) is 5.02 Å². The molecule has 2 N–H and O–H groups in total. The van der Waals surface area contributed by atoms with E-state index in [1.165, 1.54) is 11.3 Å². The fraction of sp³-hybridized carbons (Fsp3) is 0.520. The van der Waals surface area contributed by atoms with Gasteiger partial charge in [0.05, 0.1) is 24.6 Å². The lowest BCUT2D eigenvalue weighted by Gasteiger charge is -2.25. The number of aliphatic hydroxyl groups is 1. The second-order valence-electron chi connectivity index (χ2n) is 9.35. The molecular formula is C25H34ClN3O3S. The largest absolute Gasteiger partial charge is 0.389 e. The maximum Gasteiger partial charge on any atom is 0.260 e. The number of nitrogens with zero attached hydrogens (tertiary/aromatic N) is 2. The second-order valence-corrected chi connectivity index (χ2v) is 10.6. The molecule has 3 aromatic rings. The number of thiophene rings is 1. The third-order valence-electron chi connectivity index (χ3n) is 5.27. The molecule has 0 radical (unpaired) electrons. The highest BCUT2D eigenvalue weighted by Gasteiger charge is 2.17. The average Bonchev–Trinajstić information content (AvgIpc) is 3.17. The highest BCUT2D eigenvalue weighted by atomic mass is 35.5. The monoisotopic (exact) mass is 491 g/mol. The summed E-state index contributed by atoms with van der Waals surface area (Å²) in [4.78, 5) is 23.6. The van der Waals surface area contributed by atoms with Crippen LogP contribution >= 0.6 is 22.9 Å². The number of H-pyrrole nitrogens is 1. The average molecular weight is 492 g/mol. The number of hydrogen-bond donors (Lipinski definition) is 2. The van der Waals surface area contributed by atoms with Gasteiger partial charge in [0.2, 0.25) is 0 Å². The third kappa shape index (κ3) is 7.62. The molecule has 0 fully saturated rings. The quantitative estimate of drug-likeness (QED) is 0.364. The molecule has 6 nitrogen and oxygen atoms in total. The van der Waals surface area contributed by atoms with Crippen LogP contribution in [-0.4, -0.2) is 52.4 Å². The minimum absolute atomic E-state index is 0.147. The van der Waals surface area contributed by atoms with Crippen LogP contribution in [0.1, 0.15) is 39.9 Å². The number of aromatic amines is 1. The van der Waals surface area contributed by atoms with Gasteiger partial charge in [-0.1, -0.05) is 51.4 Å². The van der Waals surface area contributed by atoms with Crippen molar-refractivity contribution in [1.29, 1.82) is 0 Å². The minimum atomic E-state index is -0.593. The van der Waals surface area contributed by atoms with Crippen molar-refractivity contribution in [3.05, 3.63) is 50.8 Å². The van der Waals surface area contributed by atoms with Crippen LogP contribution in [0, 0.1) is 11.8 Å². The van der Waals surface area contributed by atoms with Crippen LogP contribution < -0.4 is 5.56 Å². The number of hydrogen-bond acceptors (Lipinski definition) is 6. The van der Waals surface area contributed by atoms with E-state index in [0.29, 0.717) is 59.2 Å². The fourth-order valence-electron chi connectivity index (χ4n) is 3.59. The SMILES string of the molecule is CC(C)CCN(Cc1nc2scc(-c3ccc(Cl)cc3)c2c(=O)[nH]1)CC(O)COCC(C)C. The first-order chi connectivity index (χ1) is 15.7. The van der Waals surface area contributed by atoms with E-state index in [1.54, 1.807) is 0 Å². The van der Waals surface area contributed by atoms with Crippen molar-refractivity contribution in [2.24, 2.45) is 11.8 Å². The van der Waals surface area contributed by atoms with Gasteiger partial charge in [0, 0.05) is 29.1 Å². The van der Waals surface area contributed by atoms with Crippen LogP contribution in [-0.2, 0) is 11.3 Å². The molecule has 1 aromatic carbocycles. The van der Waals surface area contributed by atoms with E-state index in [4.69, 9.17) is 21.3 Å². The Morgan fingerprint density at radius 2 is 1.88 bits per heavy atom. The number of ether oxygens (including phenoxy) is 1. The van der Waals surface area contributed by atoms with Gasteiger partial charge in [0.1, 0.15) is 10.7 Å². The molecule has 2 heterocycles. The summed E-state index contributed by atoms with van der Waals surface area (Å²) in [6, 6.07) is 7.46. The molecular weight excluding hydrogens is 458 g/mol. The first-order valence-electron chi connectivity index (χ1n) is 11.5. The summed E-state index contributed by atoms with van der Waals surface area (Å²) in [7, 11) is 0. The van der Waals surface area contributed by atoms with E-state index in [2.05, 4.69) is 37.6 Å². The van der Waals surface area contributed by atoms with Crippen molar-refractivity contribution in [2.45, 2.75) is 46.8 Å². The molecule has 3 rings (SSSR count). The molecule has 8 heteroatoms. The molecule has 2 aromatic heterocycles. The fourth-order valence-corrected chi connectivity index (χ4v) is 4.68. The smallest absolute Gasteiger partial charge is 0.260 e. The lowest BCUT2D eigenvalue weighted by Crippen LogP contribution is -2.36. The van der Waals surface area contributed by atoms with Crippen molar-refractivity contribution in [3.63, 3.8) is 0 Å². The Bertz CT molecular complexity index is 1080. The zero-order valence-corrected chi connectivity index (χ0v) is 21.4. The number of fused-ring (bicyclic) bond motifs is 1. The Morgan fingerprint density at radius 1 is 1.15 bits per heavy atom. The van der Waals surface area contributed by atoms with Gasteiger partial charge in [-0.2, -0.15) is 0 Å². The van der Waals surface area contributed by atoms with Crippen molar-refractivity contribution in [2.75, 3.05) is 26.3 Å². The van der Waals surface area contributed by atoms with Crippen LogP contribution in [0.15, 0.2) is 34.4 Å². The molecule has 0 saturated carbocycles. The molecule has 0 saturated heterocycles. The lowest BCUT2D eigenvalue weighted by molar-refractivity contribution is 0.00592. The predicted molar refractivity (Wildman–Crippen MR) is 137 cm³/mol. The van der Waals surface area contributed by atoms with E-state index in [0.717, 1.165) is 24.1 Å². The maximum absolute atomic E-state index is 13.0. The van der Waals surface area contributed by atoms with Crippen LogP contribution in [0.25, 0.3) is 21.3 Å². The summed E-state index contributed by atoms with van der Waals surface area (Å²) in [5, 5.41) is 13.7. The molecule has 180 valence electrons. The first kappa shape index (κ1) is 25.8. The number of aromatic nitrogens is 2. The van der Waals surface area contributed by atoms with E-state index in [-0.39, 0.29) is 5.56 Å². The number of benzene rings is 1. The lowest BCUT2D eigenvalue weighted by atomic mass is 10.1. The van der Waals surface area contributed by atoms with Gasteiger partial charge < -0.3 is 14.8 Å². The Hall–Kier alpha value is -1.77. The number of halogens is 1. The highest BCUT2D eigenvalue weighted by molar-refractivity contribution is 7.17. The van der Waals surface area contributed by atoms with E-state index < -0.39 is 6.10 Å². The maximum atomic E-state index is 13.0. The summed E-state index contributed by atoms with van der Waals surface area (Å²) in [5.74, 6) is 1.57. The van der Waals surface area contributed by atoms with E-state index >= 15 is 0 Å². The molecule has 1 unspecified atom stereocenters. The van der Waals surface area contributed by atoms with Gasteiger partial charge in [-0.05, 0) is 42.5 Å². The van der Waals surface area contributed by atoms with E-state index in [9.17, 15) is 9.90 Å². The van der Waals surface area contributed by atoms with E-state index in [1.807, 2.05) is 29.6 Å². The summed E-state index contributed by atoms with van der Waals surface area (Å²) in [6.07, 6.45) is 0.399. The van der Waals surface area contributed by atoms with Gasteiger partial charge >= 0.3 is 0 Å². The molecule has 0 spiro atoms. The first-order valence-corrected chi connectivity index (χ1v) is 12.7. The molecule has 0 bridgehead atoms. The number of rotatable bonds is 12. The van der Waals surface area contributed by atoms with Crippen molar-refractivity contribution >= 4 is 33.2 Å². The van der Waals surface area contributed by atoms with Crippen molar-refractivity contribution < 1.29 is 9.84 Å². The van der Waals surface area contributed by atoms with Crippen LogP contribution in [0.4, 0.5) is 0 Å². The van der Waals surface area contributed by atoms with Gasteiger partial charge in [-0.15, -0.1) is 11.3 Å². The Kier molecular flexibility index (Phi) is 9.47. The zero-order valence-electron chi connectivity index (χ0n) is 19.8. The minimum Gasteiger partial charge on any atom is -0.389 e. The van der Waals surface area contributed by atoms with Gasteiger partial charge in [-0.25, -0.2) is 4.98 Å². The van der Waals surface area contributed by atoms with Gasteiger partial charge in [0.25, 0.3) is 5.56 Å². The molecule has 0 aliphatic rings. The van der Waals surface area contributed by atoms with Crippen molar-refractivity contribution in [3.8, 4) is 11.1 Å². The Balaban J connectivity index is 1.77. The Morgan fingerprint density at radius 3 is 2.55 bits per heavy atom.